The molecule has 5 nitrogen and oxygen atoms in total. The van der Waals surface area contributed by atoms with Crippen LogP contribution in [0.4, 0.5) is 11.4 Å². The molecule has 0 saturated heterocycles. The van der Waals surface area contributed by atoms with Crippen molar-refractivity contribution in [3.8, 4) is 5.75 Å². The molecule has 1 aromatic carbocycles. The molecule has 1 aliphatic rings. The van der Waals surface area contributed by atoms with E-state index < -0.39 is 4.92 Å². The number of nitrogens with zero attached hydrogens (tertiary/aromatic N) is 1. The Hall–Kier alpha value is -1.78. The third-order valence-electron chi connectivity index (χ3n) is 3.66. The molecule has 1 aliphatic carbocycles. The lowest BCUT2D eigenvalue weighted by Crippen LogP contribution is -2.23. The largest absolute Gasteiger partial charge is 0.490 e. The molecule has 0 atom stereocenters. The summed E-state index contributed by atoms with van der Waals surface area (Å²) in [5.74, 6) is 1.34. The van der Waals surface area contributed by atoms with Gasteiger partial charge in [0.25, 0.3) is 5.69 Å². The maximum atomic E-state index is 10.9. The molecule has 0 bridgehead atoms. The molecule has 2 rings (SSSR count). The van der Waals surface area contributed by atoms with Gasteiger partial charge in [0, 0.05) is 24.9 Å². The standard InChI is InChI=1S/C14H20N2O3/c1-10-3-5-13(6-4-10)19-14-8-11(15-2)7-12(9-14)16(17)18/h7-10,13,15H,3-6H2,1-2H3. The lowest BCUT2D eigenvalue weighted by Gasteiger charge is -2.26. The molecular formula is C14H20N2O3. The van der Waals surface area contributed by atoms with Crippen LogP contribution in [0, 0.1) is 16.0 Å². The summed E-state index contributed by atoms with van der Waals surface area (Å²) in [4.78, 5) is 10.5. The Bertz CT molecular complexity index is 454. The Morgan fingerprint density at radius 3 is 2.53 bits per heavy atom. The van der Waals surface area contributed by atoms with Crippen LogP contribution in [0.3, 0.4) is 0 Å². The topological polar surface area (TPSA) is 64.4 Å². The van der Waals surface area contributed by atoms with Gasteiger partial charge in [-0.25, -0.2) is 0 Å². The van der Waals surface area contributed by atoms with Gasteiger partial charge in [-0.15, -0.1) is 0 Å². The van der Waals surface area contributed by atoms with Crippen molar-refractivity contribution < 1.29 is 9.66 Å². The second kappa shape index (κ2) is 5.91. The van der Waals surface area contributed by atoms with E-state index in [0.717, 1.165) is 18.8 Å². The highest BCUT2D eigenvalue weighted by Gasteiger charge is 2.20. The Balaban J connectivity index is 2.10. The van der Waals surface area contributed by atoms with E-state index in [1.165, 1.54) is 25.0 Å². The number of ether oxygens (including phenoxy) is 1. The fraction of sp³-hybridized carbons (Fsp3) is 0.571. The van der Waals surface area contributed by atoms with Crippen LogP contribution in [-0.4, -0.2) is 18.1 Å². The fourth-order valence-corrected chi connectivity index (χ4v) is 2.44. The zero-order valence-corrected chi connectivity index (χ0v) is 11.4. The van der Waals surface area contributed by atoms with E-state index >= 15 is 0 Å². The van der Waals surface area contributed by atoms with Crippen LogP contribution in [0.15, 0.2) is 18.2 Å². The van der Waals surface area contributed by atoms with Gasteiger partial charge in [0.2, 0.25) is 0 Å². The highest BCUT2D eigenvalue weighted by atomic mass is 16.6. The van der Waals surface area contributed by atoms with Crippen molar-refractivity contribution in [2.45, 2.75) is 38.7 Å². The van der Waals surface area contributed by atoms with Gasteiger partial charge in [0.1, 0.15) is 5.75 Å². The second-order valence-electron chi connectivity index (χ2n) is 5.22. The first-order chi connectivity index (χ1) is 9.08. The van der Waals surface area contributed by atoms with Gasteiger partial charge in [-0.2, -0.15) is 0 Å². The van der Waals surface area contributed by atoms with Crippen LogP contribution >= 0.6 is 0 Å². The first kappa shape index (κ1) is 13.6. The molecule has 1 fully saturated rings. The molecule has 0 aromatic heterocycles. The average Bonchev–Trinajstić information content (AvgIpc) is 2.41. The summed E-state index contributed by atoms with van der Waals surface area (Å²) in [5, 5.41) is 13.8. The first-order valence-corrected chi connectivity index (χ1v) is 6.72. The summed E-state index contributed by atoms with van der Waals surface area (Å²) in [6.45, 7) is 2.25. The predicted molar refractivity (Wildman–Crippen MR) is 74.7 cm³/mol. The third-order valence-corrected chi connectivity index (χ3v) is 3.66. The lowest BCUT2D eigenvalue weighted by atomic mass is 9.89. The first-order valence-electron chi connectivity index (χ1n) is 6.72. The Labute approximate surface area is 113 Å². The summed E-state index contributed by atoms with van der Waals surface area (Å²) >= 11 is 0. The third kappa shape index (κ3) is 3.59. The molecule has 0 spiro atoms. The zero-order valence-electron chi connectivity index (χ0n) is 11.4. The smallest absolute Gasteiger partial charge is 0.275 e. The summed E-state index contributed by atoms with van der Waals surface area (Å²) in [5.41, 5.74) is 0.763. The molecule has 104 valence electrons. The highest BCUT2D eigenvalue weighted by molar-refractivity contribution is 5.56. The molecule has 1 N–H and O–H groups in total. The number of hydrogen-bond acceptors (Lipinski definition) is 4. The number of nitrogens with one attached hydrogen (secondary N) is 1. The summed E-state index contributed by atoms with van der Waals surface area (Å²) in [7, 11) is 1.74. The van der Waals surface area contributed by atoms with Crippen molar-refractivity contribution in [3.05, 3.63) is 28.3 Å². The van der Waals surface area contributed by atoms with E-state index in [0.29, 0.717) is 11.4 Å². The number of hydrogen-bond donors (Lipinski definition) is 1. The zero-order chi connectivity index (χ0) is 13.8. The maximum Gasteiger partial charge on any atom is 0.275 e. The normalized spacial score (nSPS) is 22.8. The monoisotopic (exact) mass is 264 g/mol. The van der Waals surface area contributed by atoms with Crippen LogP contribution in [-0.2, 0) is 0 Å². The van der Waals surface area contributed by atoms with Gasteiger partial charge in [-0.1, -0.05) is 6.92 Å². The van der Waals surface area contributed by atoms with Crippen molar-refractivity contribution in [1.29, 1.82) is 0 Å². The van der Waals surface area contributed by atoms with Gasteiger partial charge in [0.05, 0.1) is 17.1 Å². The molecule has 19 heavy (non-hydrogen) atoms. The molecular weight excluding hydrogens is 244 g/mol. The Kier molecular flexibility index (Phi) is 4.24. The van der Waals surface area contributed by atoms with Crippen molar-refractivity contribution in [1.82, 2.24) is 0 Å². The van der Waals surface area contributed by atoms with Crippen LogP contribution in [0.1, 0.15) is 32.6 Å². The minimum Gasteiger partial charge on any atom is -0.490 e. The summed E-state index contributed by atoms with van der Waals surface area (Å²) in [6.07, 6.45) is 4.57. The van der Waals surface area contributed by atoms with Gasteiger partial charge in [-0.3, -0.25) is 10.1 Å². The Morgan fingerprint density at radius 1 is 1.26 bits per heavy atom. The highest BCUT2D eigenvalue weighted by Crippen LogP contribution is 2.30. The maximum absolute atomic E-state index is 10.9. The van der Waals surface area contributed by atoms with E-state index in [-0.39, 0.29) is 11.8 Å². The number of nitro groups is 1. The second-order valence-corrected chi connectivity index (χ2v) is 5.22. The lowest BCUT2D eigenvalue weighted by molar-refractivity contribution is -0.384. The molecule has 1 saturated carbocycles. The minimum absolute atomic E-state index is 0.0611. The van der Waals surface area contributed by atoms with Crippen LogP contribution in [0.2, 0.25) is 0 Å². The van der Waals surface area contributed by atoms with Gasteiger partial charge in [-0.05, 0) is 31.6 Å². The molecule has 0 radical (unpaired) electrons. The van der Waals surface area contributed by atoms with E-state index in [9.17, 15) is 10.1 Å². The van der Waals surface area contributed by atoms with Gasteiger partial charge >= 0.3 is 0 Å². The SMILES string of the molecule is CNc1cc(OC2CCC(C)CC2)cc([N+](=O)[O-])c1. The number of anilines is 1. The summed E-state index contributed by atoms with van der Waals surface area (Å²) in [6, 6.07) is 4.82. The van der Waals surface area contributed by atoms with Crippen LogP contribution in [0.5, 0.6) is 5.75 Å². The molecule has 1 aromatic rings. The van der Waals surface area contributed by atoms with E-state index in [1.807, 2.05) is 6.07 Å². The molecule has 0 aliphatic heterocycles. The number of non-ortho nitro benzene ring substituents is 1. The van der Waals surface area contributed by atoms with E-state index in [1.54, 1.807) is 7.05 Å². The van der Waals surface area contributed by atoms with E-state index in [4.69, 9.17) is 4.74 Å². The fourth-order valence-electron chi connectivity index (χ4n) is 2.44. The van der Waals surface area contributed by atoms with Gasteiger partial charge in [0.15, 0.2) is 0 Å². The Morgan fingerprint density at radius 2 is 1.95 bits per heavy atom. The van der Waals surface area contributed by atoms with Gasteiger partial charge < -0.3 is 10.1 Å². The van der Waals surface area contributed by atoms with Crippen molar-refractivity contribution in [2.75, 3.05) is 12.4 Å². The number of benzene rings is 1. The van der Waals surface area contributed by atoms with Crippen molar-refractivity contribution in [2.24, 2.45) is 5.92 Å². The van der Waals surface area contributed by atoms with E-state index in [2.05, 4.69) is 12.2 Å². The molecule has 0 heterocycles. The summed E-state index contributed by atoms with van der Waals surface area (Å²) < 4.78 is 5.89. The minimum atomic E-state index is -0.392. The van der Waals surface area contributed by atoms with Crippen molar-refractivity contribution >= 4 is 11.4 Å². The number of nitro benzene ring substituents is 1. The van der Waals surface area contributed by atoms with Crippen LogP contribution in [0.25, 0.3) is 0 Å². The van der Waals surface area contributed by atoms with Crippen molar-refractivity contribution in [3.63, 3.8) is 0 Å². The molecule has 5 heteroatoms. The van der Waals surface area contributed by atoms with Crippen LogP contribution < -0.4 is 10.1 Å². The molecule has 0 amide bonds. The molecule has 0 unspecified atom stereocenters. The quantitative estimate of drug-likeness (QED) is 0.666. The number of rotatable bonds is 4. The predicted octanol–water partition coefficient (Wildman–Crippen LogP) is 3.59. The average molecular weight is 264 g/mol.